The minimum absolute atomic E-state index is 0. The average Bonchev–Trinajstić information content (AvgIpc) is 3.06. The van der Waals surface area contributed by atoms with Crippen molar-refractivity contribution in [1.82, 2.24) is 9.88 Å². The van der Waals surface area contributed by atoms with Gasteiger partial charge in [0, 0.05) is 30.1 Å². The highest BCUT2D eigenvalue weighted by Crippen LogP contribution is 2.26. The van der Waals surface area contributed by atoms with Gasteiger partial charge in [-0.2, -0.15) is 5.10 Å². The number of benzene rings is 1. The summed E-state index contributed by atoms with van der Waals surface area (Å²) < 4.78 is 0. The number of aliphatic carboxylic acids is 1. The zero-order valence-electron chi connectivity index (χ0n) is 15.0. The molecule has 0 saturated carbocycles. The Balaban J connectivity index is 0.00000243. The molecule has 0 radical (unpaired) electrons. The zero-order valence-corrected chi connectivity index (χ0v) is 18.3. The van der Waals surface area contributed by atoms with E-state index in [9.17, 15) is 4.79 Å². The molecule has 7 nitrogen and oxygen atoms in total. The number of anilines is 1. The number of carbonyl (C=O) groups is 1. The fourth-order valence-corrected chi connectivity index (χ4v) is 3.70. The van der Waals surface area contributed by atoms with Gasteiger partial charge < -0.3 is 16.3 Å². The standard InChI is InChI=1S/C17H21N5O2S.3ClH/c18-19-9-12-1-3-13(4-2-12)15-11-25-17(21-15)20-14-5-7-22(8-6-14)10-16(23)24;;;/h1-4,9,11,14H,5-8,10,18H2,(H,20,21)(H,23,24);3*1H/b19-9+;;;. The van der Waals surface area contributed by atoms with Gasteiger partial charge in [0.15, 0.2) is 5.13 Å². The molecule has 4 N–H and O–H groups in total. The number of hydrazone groups is 1. The molecule has 1 aliphatic heterocycles. The highest BCUT2D eigenvalue weighted by molar-refractivity contribution is 7.14. The maximum absolute atomic E-state index is 10.8. The van der Waals surface area contributed by atoms with Crippen LogP contribution in [0.2, 0.25) is 0 Å². The van der Waals surface area contributed by atoms with E-state index in [1.165, 1.54) is 0 Å². The van der Waals surface area contributed by atoms with Gasteiger partial charge in [-0.05, 0) is 18.4 Å². The normalized spacial score (nSPS) is 14.6. The van der Waals surface area contributed by atoms with Crippen molar-refractivity contribution in [2.24, 2.45) is 10.9 Å². The van der Waals surface area contributed by atoms with Crippen molar-refractivity contribution in [3.8, 4) is 11.3 Å². The van der Waals surface area contributed by atoms with Crippen LogP contribution in [0.5, 0.6) is 0 Å². The predicted octanol–water partition coefficient (Wildman–Crippen LogP) is 3.33. The van der Waals surface area contributed by atoms with Crippen LogP contribution in [0, 0.1) is 0 Å². The largest absolute Gasteiger partial charge is 0.480 e. The monoisotopic (exact) mass is 467 g/mol. The van der Waals surface area contributed by atoms with Gasteiger partial charge in [-0.1, -0.05) is 24.3 Å². The molecule has 0 amide bonds. The number of nitrogens with one attached hydrogen (secondary N) is 1. The lowest BCUT2D eigenvalue weighted by Gasteiger charge is -2.31. The van der Waals surface area contributed by atoms with Gasteiger partial charge in [-0.3, -0.25) is 9.69 Å². The van der Waals surface area contributed by atoms with Crippen LogP contribution in [0.3, 0.4) is 0 Å². The summed E-state index contributed by atoms with van der Waals surface area (Å²) in [5, 5.41) is 18.8. The highest BCUT2D eigenvalue weighted by Gasteiger charge is 2.21. The van der Waals surface area contributed by atoms with Gasteiger partial charge in [0.2, 0.25) is 0 Å². The van der Waals surface area contributed by atoms with Crippen molar-refractivity contribution >= 4 is 65.9 Å². The van der Waals surface area contributed by atoms with E-state index in [1.807, 2.05) is 34.5 Å². The van der Waals surface area contributed by atoms with Gasteiger partial charge >= 0.3 is 5.97 Å². The second-order valence-electron chi connectivity index (χ2n) is 6.03. The summed E-state index contributed by atoms with van der Waals surface area (Å²) in [6.07, 6.45) is 3.46. The molecule has 1 aliphatic rings. The third-order valence-corrected chi connectivity index (χ3v) is 4.98. The molecule has 0 bridgehead atoms. The number of piperidine rings is 1. The quantitative estimate of drug-likeness (QED) is 0.341. The van der Waals surface area contributed by atoms with Crippen LogP contribution in [0.15, 0.2) is 34.7 Å². The fourth-order valence-electron chi connectivity index (χ4n) is 2.90. The molecule has 0 unspecified atom stereocenters. The molecule has 156 valence electrons. The smallest absolute Gasteiger partial charge is 0.317 e. The number of aromatic nitrogens is 1. The minimum atomic E-state index is -0.764. The predicted molar refractivity (Wildman–Crippen MR) is 122 cm³/mol. The summed E-state index contributed by atoms with van der Waals surface area (Å²) in [4.78, 5) is 17.4. The van der Waals surface area contributed by atoms with E-state index in [4.69, 9.17) is 10.9 Å². The van der Waals surface area contributed by atoms with Gasteiger partial charge in [-0.15, -0.1) is 48.6 Å². The second-order valence-corrected chi connectivity index (χ2v) is 6.88. The van der Waals surface area contributed by atoms with E-state index in [0.29, 0.717) is 6.04 Å². The maximum atomic E-state index is 10.8. The molecule has 1 aromatic carbocycles. The van der Waals surface area contributed by atoms with Crippen LogP contribution in [0.25, 0.3) is 11.3 Å². The van der Waals surface area contributed by atoms with Gasteiger partial charge in [0.1, 0.15) is 0 Å². The Morgan fingerprint density at radius 2 is 1.93 bits per heavy atom. The molecule has 2 aromatic rings. The van der Waals surface area contributed by atoms with Crippen molar-refractivity contribution in [3.63, 3.8) is 0 Å². The first-order chi connectivity index (χ1) is 12.1. The number of likely N-dealkylation sites (tertiary alicyclic amines) is 1. The molecule has 0 spiro atoms. The van der Waals surface area contributed by atoms with Gasteiger partial charge in [0.05, 0.1) is 18.5 Å². The van der Waals surface area contributed by atoms with E-state index in [1.54, 1.807) is 17.6 Å². The first-order valence-electron chi connectivity index (χ1n) is 8.14. The summed E-state index contributed by atoms with van der Waals surface area (Å²) >= 11 is 1.59. The molecule has 1 saturated heterocycles. The van der Waals surface area contributed by atoms with Crippen LogP contribution < -0.4 is 11.2 Å². The number of nitrogens with two attached hydrogens (primary N) is 1. The molecule has 2 heterocycles. The van der Waals surface area contributed by atoms with Crippen LogP contribution in [-0.2, 0) is 4.79 Å². The zero-order chi connectivity index (χ0) is 17.6. The van der Waals surface area contributed by atoms with Crippen LogP contribution >= 0.6 is 48.6 Å². The lowest BCUT2D eigenvalue weighted by atomic mass is 10.1. The first kappa shape index (κ1) is 26.4. The van der Waals surface area contributed by atoms with Crippen molar-refractivity contribution in [2.45, 2.75) is 18.9 Å². The van der Waals surface area contributed by atoms with Crippen molar-refractivity contribution < 1.29 is 9.90 Å². The Morgan fingerprint density at radius 1 is 1.29 bits per heavy atom. The number of thiazole rings is 1. The SMILES string of the molecule is Cl.Cl.Cl.N/N=C/c1ccc(-c2csc(NC3CCN(CC(=O)O)CC3)n2)cc1. The summed E-state index contributed by atoms with van der Waals surface area (Å²) in [5.74, 6) is 4.39. The number of carboxylic acid groups (broad SMARTS) is 1. The third-order valence-electron chi connectivity index (χ3n) is 4.21. The number of halogens is 3. The van der Waals surface area contributed by atoms with E-state index in [0.717, 1.165) is 47.9 Å². The van der Waals surface area contributed by atoms with Crippen LogP contribution in [-0.4, -0.2) is 52.9 Å². The molecule has 11 heteroatoms. The maximum Gasteiger partial charge on any atom is 0.317 e. The lowest BCUT2D eigenvalue weighted by molar-refractivity contribution is -0.138. The Bertz CT molecular complexity index is 750. The Kier molecular flexibility index (Phi) is 12.1. The first-order valence-corrected chi connectivity index (χ1v) is 9.02. The number of carboxylic acids is 1. The van der Waals surface area contributed by atoms with Crippen molar-refractivity contribution in [3.05, 3.63) is 35.2 Å². The fraction of sp³-hybridized carbons (Fsp3) is 0.353. The average molecular weight is 469 g/mol. The van der Waals surface area contributed by atoms with Crippen molar-refractivity contribution in [1.29, 1.82) is 0 Å². The topological polar surface area (TPSA) is 104 Å². The molecule has 1 fully saturated rings. The Morgan fingerprint density at radius 3 is 2.50 bits per heavy atom. The molecular weight excluding hydrogens is 445 g/mol. The molecular formula is C17H24Cl3N5O2S. The Labute approximate surface area is 186 Å². The summed E-state index contributed by atoms with van der Waals surface area (Å²) in [7, 11) is 0. The van der Waals surface area contributed by atoms with E-state index >= 15 is 0 Å². The number of rotatable bonds is 6. The Hall–Kier alpha value is -1.58. The molecule has 0 atom stereocenters. The summed E-state index contributed by atoms with van der Waals surface area (Å²) in [5.41, 5.74) is 2.94. The summed E-state index contributed by atoms with van der Waals surface area (Å²) in [6, 6.07) is 8.25. The third kappa shape index (κ3) is 7.44. The lowest BCUT2D eigenvalue weighted by Crippen LogP contribution is -2.41. The summed E-state index contributed by atoms with van der Waals surface area (Å²) in [6.45, 7) is 1.72. The van der Waals surface area contributed by atoms with E-state index in [-0.39, 0.29) is 43.8 Å². The van der Waals surface area contributed by atoms with Crippen LogP contribution in [0.1, 0.15) is 18.4 Å². The molecule has 0 aliphatic carbocycles. The van der Waals surface area contributed by atoms with E-state index < -0.39 is 5.97 Å². The number of hydrogen-bond donors (Lipinski definition) is 3. The minimum Gasteiger partial charge on any atom is -0.480 e. The highest BCUT2D eigenvalue weighted by atomic mass is 35.5. The van der Waals surface area contributed by atoms with Crippen LogP contribution in [0.4, 0.5) is 5.13 Å². The number of nitrogens with zero attached hydrogens (tertiary/aromatic N) is 3. The van der Waals surface area contributed by atoms with Crippen molar-refractivity contribution in [2.75, 3.05) is 25.0 Å². The molecule has 3 rings (SSSR count). The number of hydrogen-bond acceptors (Lipinski definition) is 7. The van der Waals surface area contributed by atoms with Gasteiger partial charge in [-0.25, -0.2) is 4.98 Å². The molecule has 1 aromatic heterocycles. The molecule has 28 heavy (non-hydrogen) atoms. The van der Waals surface area contributed by atoms with E-state index in [2.05, 4.69) is 15.4 Å². The second kappa shape index (κ2) is 12.8. The van der Waals surface area contributed by atoms with Gasteiger partial charge in [0.25, 0.3) is 0 Å².